The molecule has 2 amide bonds. The van der Waals surface area contributed by atoms with Gasteiger partial charge in [-0.25, -0.2) is 14.0 Å². The van der Waals surface area contributed by atoms with Gasteiger partial charge in [-0.05, 0) is 63.6 Å². The maximum absolute atomic E-state index is 13.8. The molecular formula is C21H23FN2O5. The molecule has 0 radical (unpaired) electrons. The van der Waals surface area contributed by atoms with Gasteiger partial charge >= 0.3 is 12.1 Å². The highest BCUT2D eigenvalue weighted by Gasteiger charge is 2.17. The van der Waals surface area contributed by atoms with Crippen LogP contribution in [-0.4, -0.2) is 30.2 Å². The zero-order valence-electron chi connectivity index (χ0n) is 16.7. The van der Waals surface area contributed by atoms with Crippen molar-refractivity contribution in [3.8, 4) is 0 Å². The Bertz CT molecular complexity index is 922. The Labute approximate surface area is 168 Å². The second kappa shape index (κ2) is 9.18. The second-order valence-corrected chi connectivity index (χ2v) is 7.32. The number of rotatable bonds is 5. The van der Waals surface area contributed by atoms with Crippen molar-refractivity contribution in [2.24, 2.45) is 0 Å². The average molecular weight is 402 g/mol. The van der Waals surface area contributed by atoms with E-state index in [0.29, 0.717) is 11.3 Å². The molecule has 2 rings (SSSR count). The van der Waals surface area contributed by atoms with Crippen LogP contribution in [0.4, 0.5) is 20.6 Å². The quantitative estimate of drug-likeness (QED) is 0.728. The number of hydrogen-bond acceptors (Lipinski definition) is 5. The molecule has 2 aromatic carbocycles. The lowest BCUT2D eigenvalue weighted by atomic mass is 10.2. The van der Waals surface area contributed by atoms with Crippen LogP contribution in [0, 0.1) is 12.7 Å². The summed E-state index contributed by atoms with van der Waals surface area (Å²) in [6.07, 6.45) is -0.664. The zero-order valence-corrected chi connectivity index (χ0v) is 16.7. The van der Waals surface area contributed by atoms with Crippen LogP contribution in [0.1, 0.15) is 36.7 Å². The molecule has 0 unspecified atom stereocenters. The van der Waals surface area contributed by atoms with Gasteiger partial charge in [-0.1, -0.05) is 12.1 Å². The number of halogens is 1. The number of carbonyl (C=O) groups excluding carboxylic acids is 3. The number of benzene rings is 2. The minimum Gasteiger partial charge on any atom is -0.452 e. The molecule has 0 saturated carbocycles. The van der Waals surface area contributed by atoms with E-state index in [2.05, 4.69) is 10.6 Å². The smallest absolute Gasteiger partial charge is 0.412 e. The van der Waals surface area contributed by atoms with Crippen molar-refractivity contribution in [1.82, 2.24) is 0 Å². The highest BCUT2D eigenvalue weighted by atomic mass is 19.1. The molecule has 0 fully saturated rings. The molecule has 0 aliphatic carbocycles. The third-order valence-corrected chi connectivity index (χ3v) is 3.48. The van der Waals surface area contributed by atoms with Crippen molar-refractivity contribution in [2.45, 2.75) is 33.3 Å². The fraction of sp³-hybridized carbons (Fsp3) is 0.286. The fourth-order valence-electron chi connectivity index (χ4n) is 2.27. The van der Waals surface area contributed by atoms with Crippen LogP contribution < -0.4 is 10.6 Å². The third kappa shape index (κ3) is 7.25. The van der Waals surface area contributed by atoms with E-state index < -0.39 is 36.0 Å². The van der Waals surface area contributed by atoms with Gasteiger partial charge in [-0.15, -0.1) is 0 Å². The first kappa shape index (κ1) is 21.9. The Hall–Kier alpha value is -3.42. The molecule has 0 spiro atoms. The molecule has 7 nitrogen and oxygen atoms in total. The highest BCUT2D eigenvalue weighted by Crippen LogP contribution is 2.16. The predicted molar refractivity (Wildman–Crippen MR) is 106 cm³/mol. The summed E-state index contributed by atoms with van der Waals surface area (Å²) in [6.45, 7) is 6.33. The number of hydrogen-bond donors (Lipinski definition) is 2. The molecular weight excluding hydrogens is 379 g/mol. The molecule has 8 heteroatoms. The van der Waals surface area contributed by atoms with Gasteiger partial charge in [0.15, 0.2) is 6.61 Å². The Kier molecular flexibility index (Phi) is 6.93. The van der Waals surface area contributed by atoms with Gasteiger partial charge < -0.3 is 14.8 Å². The number of esters is 1. The van der Waals surface area contributed by atoms with E-state index in [9.17, 15) is 18.8 Å². The van der Waals surface area contributed by atoms with Crippen LogP contribution in [0.2, 0.25) is 0 Å². The van der Waals surface area contributed by atoms with E-state index in [-0.39, 0.29) is 11.3 Å². The van der Waals surface area contributed by atoms with Gasteiger partial charge in [0, 0.05) is 5.69 Å². The van der Waals surface area contributed by atoms with Crippen LogP contribution in [0.3, 0.4) is 0 Å². The Morgan fingerprint density at radius 1 is 1.03 bits per heavy atom. The number of amides is 2. The second-order valence-electron chi connectivity index (χ2n) is 7.32. The molecule has 2 N–H and O–H groups in total. The van der Waals surface area contributed by atoms with Crippen molar-refractivity contribution in [3.63, 3.8) is 0 Å². The highest BCUT2D eigenvalue weighted by molar-refractivity contribution is 5.96. The van der Waals surface area contributed by atoms with E-state index in [1.165, 1.54) is 24.3 Å². The summed E-state index contributed by atoms with van der Waals surface area (Å²) in [7, 11) is 0. The predicted octanol–water partition coefficient (Wildman–Crippen LogP) is 4.28. The van der Waals surface area contributed by atoms with Gasteiger partial charge in [0.05, 0.1) is 11.3 Å². The van der Waals surface area contributed by atoms with Crippen LogP contribution in [0.25, 0.3) is 0 Å². The van der Waals surface area contributed by atoms with Crippen molar-refractivity contribution in [1.29, 1.82) is 0 Å². The lowest BCUT2D eigenvalue weighted by Gasteiger charge is -2.19. The lowest BCUT2D eigenvalue weighted by Crippen LogP contribution is -2.27. The van der Waals surface area contributed by atoms with Crippen molar-refractivity contribution < 1.29 is 28.2 Å². The maximum Gasteiger partial charge on any atom is 0.412 e. The van der Waals surface area contributed by atoms with Crippen LogP contribution in [-0.2, 0) is 14.3 Å². The van der Waals surface area contributed by atoms with Crippen molar-refractivity contribution >= 4 is 29.3 Å². The summed E-state index contributed by atoms with van der Waals surface area (Å²) in [4.78, 5) is 35.9. The summed E-state index contributed by atoms with van der Waals surface area (Å²) in [6, 6.07) is 10.3. The van der Waals surface area contributed by atoms with Gasteiger partial charge in [0.25, 0.3) is 5.91 Å². The topological polar surface area (TPSA) is 93.7 Å². The first-order valence-corrected chi connectivity index (χ1v) is 8.87. The van der Waals surface area contributed by atoms with E-state index in [1.807, 2.05) is 0 Å². The minimum atomic E-state index is -0.766. The van der Waals surface area contributed by atoms with E-state index in [0.717, 1.165) is 0 Å². The number of nitrogens with one attached hydrogen (secondary N) is 2. The van der Waals surface area contributed by atoms with Gasteiger partial charge in [0.2, 0.25) is 0 Å². The van der Waals surface area contributed by atoms with Gasteiger partial charge in [0.1, 0.15) is 11.4 Å². The standard InChI is InChI=1S/C21H23FN2O5/c1-13-8-9-17(16(22)10-13)24-18(25)12-28-19(26)14-6-5-7-15(11-14)23-20(27)29-21(2,3)4/h5-11H,12H2,1-4H3,(H,23,27)(H,24,25). The summed E-state index contributed by atoms with van der Waals surface area (Å²) in [5.74, 6) is -2.02. The van der Waals surface area contributed by atoms with Crippen molar-refractivity contribution in [3.05, 3.63) is 59.4 Å². The number of ether oxygens (including phenoxy) is 2. The van der Waals surface area contributed by atoms with E-state index in [1.54, 1.807) is 45.9 Å². The summed E-state index contributed by atoms with van der Waals surface area (Å²) >= 11 is 0. The molecule has 2 aromatic rings. The van der Waals surface area contributed by atoms with Crippen LogP contribution in [0.15, 0.2) is 42.5 Å². The Morgan fingerprint density at radius 3 is 2.41 bits per heavy atom. The van der Waals surface area contributed by atoms with Gasteiger partial charge in [-0.3, -0.25) is 10.1 Å². The SMILES string of the molecule is Cc1ccc(NC(=O)COC(=O)c2cccc(NC(=O)OC(C)(C)C)c2)c(F)c1. The molecule has 0 aromatic heterocycles. The molecule has 0 bridgehead atoms. The van der Waals surface area contributed by atoms with Crippen molar-refractivity contribution in [2.75, 3.05) is 17.2 Å². The molecule has 154 valence electrons. The number of carbonyl (C=O) groups is 3. The average Bonchev–Trinajstić information content (AvgIpc) is 2.60. The fourth-order valence-corrected chi connectivity index (χ4v) is 2.27. The maximum atomic E-state index is 13.8. The summed E-state index contributed by atoms with van der Waals surface area (Å²) in [5.41, 5.74) is 0.519. The van der Waals surface area contributed by atoms with Crippen LogP contribution >= 0.6 is 0 Å². The van der Waals surface area contributed by atoms with E-state index >= 15 is 0 Å². The molecule has 0 aliphatic rings. The number of anilines is 2. The summed E-state index contributed by atoms with van der Waals surface area (Å²) in [5, 5.41) is 4.85. The minimum absolute atomic E-state index is 0.000192. The number of aryl methyl sites for hydroxylation is 1. The van der Waals surface area contributed by atoms with Gasteiger partial charge in [-0.2, -0.15) is 0 Å². The molecule has 0 atom stereocenters. The first-order chi connectivity index (χ1) is 13.5. The Morgan fingerprint density at radius 2 is 1.76 bits per heavy atom. The zero-order chi connectivity index (χ0) is 21.6. The normalized spacial score (nSPS) is 10.8. The Balaban J connectivity index is 1.92. The molecule has 0 aliphatic heterocycles. The molecule has 0 saturated heterocycles. The molecule has 29 heavy (non-hydrogen) atoms. The monoisotopic (exact) mass is 402 g/mol. The first-order valence-electron chi connectivity index (χ1n) is 8.87. The summed E-state index contributed by atoms with van der Waals surface area (Å²) < 4.78 is 23.9. The lowest BCUT2D eigenvalue weighted by molar-refractivity contribution is -0.119. The third-order valence-electron chi connectivity index (χ3n) is 3.48. The largest absolute Gasteiger partial charge is 0.452 e. The molecule has 0 heterocycles. The van der Waals surface area contributed by atoms with E-state index in [4.69, 9.17) is 9.47 Å². The van der Waals surface area contributed by atoms with Crippen LogP contribution in [0.5, 0.6) is 0 Å².